The number of aromatic nitrogens is 2. The lowest BCUT2D eigenvalue weighted by Crippen LogP contribution is -2.13. The second kappa shape index (κ2) is 4.92. The Balaban J connectivity index is 1.90. The maximum atomic E-state index is 12.2. The Kier molecular flexibility index (Phi) is 3.23. The summed E-state index contributed by atoms with van der Waals surface area (Å²) in [7, 11) is 0. The van der Waals surface area contributed by atoms with E-state index in [1.807, 2.05) is 29.7 Å². The molecule has 2 aromatic heterocycles. The number of rotatable bonds is 2. The first-order valence-electron chi connectivity index (χ1n) is 6.05. The van der Waals surface area contributed by atoms with Crippen molar-refractivity contribution in [3.63, 3.8) is 0 Å². The largest absolute Gasteiger partial charge is 0.320 e. The number of halogens is 1. The Morgan fingerprint density at radius 3 is 2.95 bits per heavy atom. The molecule has 0 radical (unpaired) electrons. The van der Waals surface area contributed by atoms with Gasteiger partial charge in [0.1, 0.15) is 5.69 Å². The zero-order valence-corrected chi connectivity index (χ0v) is 12.5. The lowest BCUT2D eigenvalue weighted by molar-refractivity contribution is 0.102. The minimum Gasteiger partial charge on any atom is -0.320 e. The van der Waals surface area contributed by atoms with Crippen LogP contribution in [0.25, 0.3) is 4.96 Å². The molecule has 20 heavy (non-hydrogen) atoms. The van der Waals surface area contributed by atoms with Crippen LogP contribution in [0.15, 0.2) is 29.8 Å². The standard InChI is InChI=1S/C14H12ClN3OS/c1-8-3-4-10(15)5-11(8)16-13(19)12-6-18-9(2)7-20-14(18)17-12/h3-7H,1-2H3,(H,16,19). The van der Waals surface area contributed by atoms with E-state index < -0.39 is 0 Å². The molecule has 0 aliphatic heterocycles. The molecule has 1 amide bonds. The molecule has 102 valence electrons. The molecule has 3 rings (SSSR count). The van der Waals surface area contributed by atoms with Gasteiger partial charge in [-0.3, -0.25) is 9.20 Å². The number of carbonyl (C=O) groups excluding carboxylic acids is 1. The van der Waals surface area contributed by atoms with Crippen LogP contribution in [0, 0.1) is 13.8 Å². The average Bonchev–Trinajstić information content (AvgIpc) is 2.97. The Labute approximate surface area is 125 Å². The molecule has 0 saturated heterocycles. The van der Waals surface area contributed by atoms with Gasteiger partial charge in [-0.1, -0.05) is 17.7 Å². The van der Waals surface area contributed by atoms with Gasteiger partial charge < -0.3 is 5.32 Å². The molecule has 0 fully saturated rings. The quantitative estimate of drug-likeness (QED) is 0.780. The minimum atomic E-state index is -0.231. The maximum absolute atomic E-state index is 12.2. The summed E-state index contributed by atoms with van der Waals surface area (Å²) in [5, 5.41) is 5.44. The van der Waals surface area contributed by atoms with Crippen LogP contribution in [0.2, 0.25) is 5.02 Å². The summed E-state index contributed by atoms with van der Waals surface area (Å²) in [5.74, 6) is -0.231. The number of nitrogens with zero attached hydrogens (tertiary/aromatic N) is 2. The van der Waals surface area contributed by atoms with Crippen molar-refractivity contribution in [3.05, 3.63) is 51.7 Å². The molecule has 4 nitrogen and oxygen atoms in total. The zero-order chi connectivity index (χ0) is 14.3. The third-order valence-corrected chi connectivity index (χ3v) is 4.26. The molecule has 2 heterocycles. The molecular formula is C14H12ClN3OS. The number of imidazole rings is 1. The monoisotopic (exact) mass is 305 g/mol. The van der Waals surface area contributed by atoms with E-state index >= 15 is 0 Å². The third kappa shape index (κ3) is 2.30. The van der Waals surface area contributed by atoms with Crippen LogP contribution in [0.5, 0.6) is 0 Å². The smallest absolute Gasteiger partial charge is 0.275 e. The number of carbonyl (C=O) groups is 1. The summed E-state index contributed by atoms with van der Waals surface area (Å²) in [6.45, 7) is 3.90. The number of hydrogen-bond acceptors (Lipinski definition) is 3. The van der Waals surface area contributed by atoms with E-state index in [1.165, 1.54) is 11.3 Å². The van der Waals surface area contributed by atoms with E-state index in [-0.39, 0.29) is 5.91 Å². The Hall–Kier alpha value is -1.85. The van der Waals surface area contributed by atoms with Gasteiger partial charge in [0, 0.05) is 28.0 Å². The van der Waals surface area contributed by atoms with E-state index in [4.69, 9.17) is 11.6 Å². The fourth-order valence-electron chi connectivity index (χ4n) is 1.92. The molecule has 0 atom stereocenters. The first-order chi connectivity index (χ1) is 9.54. The molecule has 0 unspecified atom stereocenters. The van der Waals surface area contributed by atoms with Gasteiger partial charge in [-0.2, -0.15) is 0 Å². The lowest BCUT2D eigenvalue weighted by Gasteiger charge is -2.07. The van der Waals surface area contributed by atoms with Gasteiger partial charge in [0.15, 0.2) is 4.96 Å². The van der Waals surface area contributed by atoms with Crippen molar-refractivity contribution < 1.29 is 4.79 Å². The molecular weight excluding hydrogens is 294 g/mol. The van der Waals surface area contributed by atoms with Crippen LogP contribution in [0.1, 0.15) is 21.7 Å². The fourth-order valence-corrected chi connectivity index (χ4v) is 2.94. The Morgan fingerprint density at radius 2 is 2.20 bits per heavy atom. The summed E-state index contributed by atoms with van der Waals surface area (Å²) in [5.41, 5.74) is 3.13. The van der Waals surface area contributed by atoms with Gasteiger partial charge in [0.05, 0.1) is 0 Å². The number of aryl methyl sites for hydroxylation is 2. The number of fused-ring (bicyclic) bond motifs is 1. The Bertz CT molecular complexity index is 806. The van der Waals surface area contributed by atoms with Crippen LogP contribution >= 0.6 is 22.9 Å². The van der Waals surface area contributed by atoms with E-state index in [0.717, 1.165) is 16.2 Å². The third-order valence-electron chi connectivity index (χ3n) is 3.07. The predicted molar refractivity (Wildman–Crippen MR) is 81.9 cm³/mol. The summed E-state index contributed by atoms with van der Waals surface area (Å²) in [6.07, 6.45) is 1.75. The molecule has 1 N–H and O–H groups in total. The molecule has 0 spiro atoms. The van der Waals surface area contributed by atoms with Crippen LogP contribution in [0.3, 0.4) is 0 Å². The number of amides is 1. The first-order valence-corrected chi connectivity index (χ1v) is 7.31. The molecule has 0 saturated carbocycles. The van der Waals surface area contributed by atoms with Crippen LogP contribution in [-0.2, 0) is 0 Å². The van der Waals surface area contributed by atoms with Crippen LogP contribution in [0.4, 0.5) is 5.69 Å². The fraction of sp³-hybridized carbons (Fsp3) is 0.143. The van der Waals surface area contributed by atoms with Crippen molar-refractivity contribution in [1.29, 1.82) is 0 Å². The van der Waals surface area contributed by atoms with Crippen molar-refractivity contribution in [2.75, 3.05) is 5.32 Å². The second-order valence-corrected chi connectivity index (χ2v) is 5.84. The number of anilines is 1. The highest BCUT2D eigenvalue weighted by atomic mass is 35.5. The number of nitrogens with one attached hydrogen (secondary N) is 1. The summed E-state index contributed by atoms with van der Waals surface area (Å²) in [4.78, 5) is 17.4. The Morgan fingerprint density at radius 1 is 1.40 bits per heavy atom. The van der Waals surface area contributed by atoms with E-state index in [0.29, 0.717) is 16.4 Å². The second-order valence-electron chi connectivity index (χ2n) is 4.57. The minimum absolute atomic E-state index is 0.231. The van der Waals surface area contributed by atoms with Gasteiger partial charge in [0.25, 0.3) is 5.91 Å². The molecule has 6 heteroatoms. The normalized spacial score (nSPS) is 10.9. The van der Waals surface area contributed by atoms with Gasteiger partial charge in [-0.05, 0) is 31.5 Å². The SMILES string of the molecule is Cc1ccc(Cl)cc1NC(=O)c1cn2c(C)csc2n1. The molecule has 0 aliphatic carbocycles. The summed E-state index contributed by atoms with van der Waals surface area (Å²) >= 11 is 7.46. The van der Waals surface area contributed by atoms with Gasteiger partial charge in [-0.15, -0.1) is 11.3 Å². The van der Waals surface area contributed by atoms with Crippen molar-refractivity contribution in [1.82, 2.24) is 9.38 Å². The zero-order valence-electron chi connectivity index (χ0n) is 11.0. The highest BCUT2D eigenvalue weighted by Gasteiger charge is 2.14. The van der Waals surface area contributed by atoms with Gasteiger partial charge in [-0.25, -0.2) is 4.98 Å². The first kappa shape index (κ1) is 13.1. The molecule has 3 aromatic rings. The van der Waals surface area contributed by atoms with Crippen molar-refractivity contribution in [3.8, 4) is 0 Å². The maximum Gasteiger partial charge on any atom is 0.275 e. The van der Waals surface area contributed by atoms with Crippen molar-refractivity contribution >= 4 is 39.5 Å². The van der Waals surface area contributed by atoms with E-state index in [1.54, 1.807) is 18.3 Å². The number of benzene rings is 1. The van der Waals surface area contributed by atoms with E-state index in [2.05, 4.69) is 10.3 Å². The summed E-state index contributed by atoms with van der Waals surface area (Å²) < 4.78 is 1.91. The van der Waals surface area contributed by atoms with Gasteiger partial charge in [0.2, 0.25) is 0 Å². The average molecular weight is 306 g/mol. The highest BCUT2D eigenvalue weighted by Crippen LogP contribution is 2.21. The number of hydrogen-bond donors (Lipinski definition) is 1. The number of thiazole rings is 1. The van der Waals surface area contributed by atoms with Crippen LogP contribution < -0.4 is 5.32 Å². The lowest BCUT2D eigenvalue weighted by atomic mass is 10.2. The molecule has 0 aliphatic rings. The van der Waals surface area contributed by atoms with Crippen molar-refractivity contribution in [2.24, 2.45) is 0 Å². The van der Waals surface area contributed by atoms with E-state index in [9.17, 15) is 4.79 Å². The molecule has 1 aromatic carbocycles. The van der Waals surface area contributed by atoms with Crippen molar-refractivity contribution in [2.45, 2.75) is 13.8 Å². The summed E-state index contributed by atoms with van der Waals surface area (Å²) in [6, 6.07) is 5.40. The highest BCUT2D eigenvalue weighted by molar-refractivity contribution is 7.15. The van der Waals surface area contributed by atoms with Crippen LogP contribution in [-0.4, -0.2) is 15.3 Å². The van der Waals surface area contributed by atoms with Gasteiger partial charge >= 0.3 is 0 Å². The predicted octanol–water partition coefficient (Wildman–Crippen LogP) is 3.92. The topological polar surface area (TPSA) is 46.4 Å². The molecule has 0 bridgehead atoms.